The summed E-state index contributed by atoms with van der Waals surface area (Å²) in [5.41, 5.74) is -0.201. The van der Waals surface area contributed by atoms with E-state index in [4.69, 9.17) is 4.74 Å². The first kappa shape index (κ1) is 9.95. The van der Waals surface area contributed by atoms with E-state index in [2.05, 4.69) is 11.0 Å². The first-order valence-corrected chi connectivity index (χ1v) is 5.61. The topological polar surface area (TPSA) is 36.3 Å². The lowest BCUT2D eigenvalue weighted by atomic mass is 9.90. The lowest BCUT2D eigenvalue weighted by Crippen LogP contribution is -2.46. The summed E-state index contributed by atoms with van der Waals surface area (Å²) in [6.07, 6.45) is 5.42. The molecule has 3 heteroatoms. The number of nitriles is 1. The highest BCUT2D eigenvalue weighted by molar-refractivity contribution is 5.09. The van der Waals surface area contributed by atoms with Crippen molar-refractivity contribution in [3.63, 3.8) is 0 Å². The van der Waals surface area contributed by atoms with Gasteiger partial charge in [0, 0.05) is 19.6 Å². The monoisotopic (exact) mass is 194 g/mol. The van der Waals surface area contributed by atoms with Crippen molar-refractivity contribution in [2.45, 2.75) is 37.6 Å². The average molecular weight is 194 g/mol. The average Bonchev–Trinajstić information content (AvgIpc) is 2.64. The highest BCUT2D eigenvalue weighted by atomic mass is 16.5. The van der Waals surface area contributed by atoms with Crippen LogP contribution in [0.3, 0.4) is 0 Å². The summed E-state index contributed by atoms with van der Waals surface area (Å²) in [5.74, 6) is 0. The molecule has 1 atom stereocenters. The third kappa shape index (κ3) is 1.77. The van der Waals surface area contributed by atoms with Crippen LogP contribution in [0.2, 0.25) is 0 Å². The fraction of sp³-hybridized carbons (Fsp3) is 0.909. The predicted octanol–water partition coefficient (Wildman–Crippen LogP) is 1.55. The largest absolute Gasteiger partial charge is 0.381 e. The van der Waals surface area contributed by atoms with Gasteiger partial charge in [-0.1, -0.05) is 0 Å². The summed E-state index contributed by atoms with van der Waals surface area (Å²) in [6, 6.07) is 2.55. The van der Waals surface area contributed by atoms with Gasteiger partial charge < -0.3 is 4.74 Å². The molecule has 2 rings (SSSR count). The Morgan fingerprint density at radius 2 is 1.86 bits per heavy atom. The second-order valence-electron chi connectivity index (χ2n) is 4.30. The minimum atomic E-state index is -0.201. The van der Waals surface area contributed by atoms with Gasteiger partial charge in [0.15, 0.2) is 0 Å². The molecule has 2 fully saturated rings. The van der Waals surface area contributed by atoms with E-state index in [0.29, 0.717) is 0 Å². The Morgan fingerprint density at radius 1 is 1.07 bits per heavy atom. The molecule has 78 valence electrons. The van der Waals surface area contributed by atoms with E-state index in [1.165, 1.54) is 12.8 Å². The molecule has 1 unspecified atom stereocenters. The van der Waals surface area contributed by atoms with Crippen LogP contribution in [0.1, 0.15) is 32.1 Å². The van der Waals surface area contributed by atoms with Gasteiger partial charge in [-0.3, -0.25) is 4.90 Å². The number of ether oxygens (including phenoxy) is 1. The molecule has 3 nitrogen and oxygen atoms in total. The fourth-order valence-corrected chi connectivity index (χ4v) is 2.58. The maximum atomic E-state index is 9.38. The minimum Gasteiger partial charge on any atom is -0.381 e. The van der Waals surface area contributed by atoms with Gasteiger partial charge in [-0.2, -0.15) is 5.26 Å². The lowest BCUT2D eigenvalue weighted by Gasteiger charge is -2.34. The highest BCUT2D eigenvalue weighted by Gasteiger charge is 2.38. The van der Waals surface area contributed by atoms with Gasteiger partial charge >= 0.3 is 0 Å². The molecule has 0 N–H and O–H groups in total. The molecule has 2 saturated heterocycles. The molecule has 0 bridgehead atoms. The molecule has 2 aliphatic rings. The number of likely N-dealkylation sites (tertiary alicyclic amines) is 1. The quantitative estimate of drug-likeness (QED) is 0.635. The van der Waals surface area contributed by atoms with Crippen LogP contribution in [0.15, 0.2) is 0 Å². The maximum absolute atomic E-state index is 9.38. The van der Waals surface area contributed by atoms with Gasteiger partial charge in [0.25, 0.3) is 0 Å². The van der Waals surface area contributed by atoms with Crippen molar-refractivity contribution in [1.29, 1.82) is 5.26 Å². The molecule has 0 saturated carbocycles. The molecule has 0 aliphatic carbocycles. The summed E-state index contributed by atoms with van der Waals surface area (Å²) in [7, 11) is 0. The zero-order chi connectivity index (χ0) is 9.86. The standard InChI is InChI=1S/C11H18N2O/c12-10-11(13-6-1-2-7-13)4-3-8-14-9-5-11/h1-9H2. The van der Waals surface area contributed by atoms with E-state index in [9.17, 15) is 5.26 Å². The van der Waals surface area contributed by atoms with E-state index in [1.807, 2.05) is 0 Å². The van der Waals surface area contributed by atoms with Crippen LogP contribution in [0, 0.1) is 11.3 Å². The Balaban J connectivity index is 2.10. The fourth-order valence-electron chi connectivity index (χ4n) is 2.58. The second-order valence-corrected chi connectivity index (χ2v) is 4.30. The number of hydrogen-bond donors (Lipinski definition) is 0. The number of nitrogens with zero attached hydrogens (tertiary/aromatic N) is 2. The molecule has 0 aromatic carbocycles. The van der Waals surface area contributed by atoms with Gasteiger partial charge in [0.2, 0.25) is 0 Å². The van der Waals surface area contributed by atoms with Gasteiger partial charge in [-0.25, -0.2) is 0 Å². The normalized spacial score (nSPS) is 35.1. The first-order valence-electron chi connectivity index (χ1n) is 5.61. The molecule has 2 aliphatic heterocycles. The zero-order valence-corrected chi connectivity index (χ0v) is 8.67. The number of hydrogen-bond acceptors (Lipinski definition) is 3. The van der Waals surface area contributed by atoms with Crippen LogP contribution in [0.25, 0.3) is 0 Å². The van der Waals surface area contributed by atoms with Gasteiger partial charge in [0.1, 0.15) is 5.54 Å². The van der Waals surface area contributed by atoms with Crippen molar-refractivity contribution < 1.29 is 4.74 Å². The summed E-state index contributed by atoms with van der Waals surface area (Å²) in [4.78, 5) is 2.38. The Labute approximate surface area is 85.6 Å². The van der Waals surface area contributed by atoms with Crippen molar-refractivity contribution in [2.24, 2.45) is 0 Å². The summed E-state index contributed by atoms with van der Waals surface area (Å²) >= 11 is 0. The van der Waals surface area contributed by atoms with E-state index < -0.39 is 0 Å². The van der Waals surface area contributed by atoms with Crippen LogP contribution in [0.5, 0.6) is 0 Å². The van der Waals surface area contributed by atoms with Crippen molar-refractivity contribution in [3.8, 4) is 6.07 Å². The molecule has 2 heterocycles. The molecule has 0 aromatic heterocycles. The highest BCUT2D eigenvalue weighted by Crippen LogP contribution is 2.30. The summed E-state index contributed by atoms with van der Waals surface area (Å²) < 4.78 is 5.43. The van der Waals surface area contributed by atoms with Crippen molar-refractivity contribution in [3.05, 3.63) is 0 Å². The predicted molar refractivity (Wildman–Crippen MR) is 53.8 cm³/mol. The molecule has 0 radical (unpaired) electrons. The minimum absolute atomic E-state index is 0.201. The molecule has 0 spiro atoms. The molecular formula is C11H18N2O. The van der Waals surface area contributed by atoms with Crippen LogP contribution >= 0.6 is 0 Å². The third-order valence-electron chi connectivity index (χ3n) is 3.46. The lowest BCUT2D eigenvalue weighted by molar-refractivity contribution is 0.116. The zero-order valence-electron chi connectivity index (χ0n) is 8.67. The second kappa shape index (κ2) is 4.29. The smallest absolute Gasteiger partial charge is 0.111 e. The molecule has 14 heavy (non-hydrogen) atoms. The van der Waals surface area contributed by atoms with Crippen molar-refractivity contribution in [1.82, 2.24) is 4.90 Å². The Hall–Kier alpha value is -0.590. The summed E-state index contributed by atoms with van der Waals surface area (Å²) in [5, 5.41) is 9.38. The third-order valence-corrected chi connectivity index (χ3v) is 3.46. The van der Waals surface area contributed by atoms with E-state index in [1.54, 1.807) is 0 Å². The Morgan fingerprint density at radius 3 is 2.57 bits per heavy atom. The molecule has 0 aromatic rings. The van der Waals surface area contributed by atoms with E-state index >= 15 is 0 Å². The van der Waals surface area contributed by atoms with Gasteiger partial charge in [-0.15, -0.1) is 0 Å². The van der Waals surface area contributed by atoms with Crippen LogP contribution in [-0.2, 0) is 4.74 Å². The number of rotatable bonds is 1. The van der Waals surface area contributed by atoms with Crippen LogP contribution < -0.4 is 0 Å². The SMILES string of the molecule is N#CC1(N2CCCC2)CCCOCC1. The molecule has 0 amide bonds. The van der Waals surface area contributed by atoms with E-state index in [-0.39, 0.29) is 5.54 Å². The van der Waals surface area contributed by atoms with Gasteiger partial charge in [-0.05, 0) is 38.8 Å². The van der Waals surface area contributed by atoms with E-state index in [0.717, 1.165) is 45.6 Å². The van der Waals surface area contributed by atoms with Crippen LogP contribution in [-0.4, -0.2) is 36.7 Å². The summed E-state index contributed by atoms with van der Waals surface area (Å²) in [6.45, 7) is 3.79. The van der Waals surface area contributed by atoms with Crippen LogP contribution in [0.4, 0.5) is 0 Å². The Bertz CT molecular complexity index is 220. The van der Waals surface area contributed by atoms with Crippen molar-refractivity contribution >= 4 is 0 Å². The van der Waals surface area contributed by atoms with Crippen molar-refractivity contribution in [2.75, 3.05) is 26.3 Å². The molecular weight excluding hydrogens is 176 g/mol. The first-order chi connectivity index (χ1) is 6.87. The van der Waals surface area contributed by atoms with Gasteiger partial charge in [0.05, 0.1) is 6.07 Å². The maximum Gasteiger partial charge on any atom is 0.111 e. The Kier molecular flexibility index (Phi) is 3.05.